The van der Waals surface area contributed by atoms with E-state index in [2.05, 4.69) is 19.2 Å². The summed E-state index contributed by atoms with van der Waals surface area (Å²) in [4.78, 5) is 10.9. The van der Waals surface area contributed by atoms with E-state index in [1.54, 1.807) is 0 Å². The lowest BCUT2D eigenvalue weighted by Crippen LogP contribution is -2.31. The average molecular weight is 287 g/mol. The number of carbonyl (C=O) groups is 1. The topological polar surface area (TPSA) is 64.3 Å². The van der Waals surface area contributed by atoms with Crippen molar-refractivity contribution in [3.8, 4) is 5.75 Å². The molecule has 0 saturated carbocycles. The van der Waals surface area contributed by atoms with Crippen LogP contribution in [0.1, 0.15) is 19.4 Å². The maximum Gasteiger partial charge on any atom is 0.233 e. The van der Waals surface area contributed by atoms with E-state index in [9.17, 15) is 4.79 Å². The van der Waals surface area contributed by atoms with Gasteiger partial charge >= 0.3 is 0 Å². The minimum absolute atomic E-state index is 0. The van der Waals surface area contributed by atoms with Gasteiger partial charge in [-0.3, -0.25) is 4.79 Å². The lowest BCUT2D eigenvalue weighted by atomic mass is 10.1. The highest BCUT2D eigenvalue weighted by atomic mass is 35.5. The summed E-state index contributed by atoms with van der Waals surface area (Å²) in [5.74, 6) is 1.29. The van der Waals surface area contributed by atoms with Crippen LogP contribution in [0.25, 0.3) is 0 Å². The van der Waals surface area contributed by atoms with E-state index >= 15 is 0 Å². The standard InChI is InChI=1S/C14H22N2O2.ClH/c1-11(2)10-18-13-5-3-12(4-6-13)7-8-16-14(17)9-15;/h3-6,11H,7-10,15H2,1-2H3,(H,16,17);1H. The Kier molecular flexibility index (Phi) is 9.00. The van der Waals surface area contributed by atoms with E-state index in [1.165, 1.54) is 5.56 Å². The Morgan fingerprint density at radius 1 is 1.32 bits per heavy atom. The van der Waals surface area contributed by atoms with Gasteiger partial charge in [-0.15, -0.1) is 12.4 Å². The minimum atomic E-state index is -0.119. The van der Waals surface area contributed by atoms with Crippen molar-refractivity contribution in [1.29, 1.82) is 0 Å². The third kappa shape index (κ3) is 7.70. The van der Waals surface area contributed by atoms with Crippen molar-refractivity contribution in [3.63, 3.8) is 0 Å². The molecular weight excluding hydrogens is 264 g/mol. The van der Waals surface area contributed by atoms with Crippen LogP contribution in [0.15, 0.2) is 24.3 Å². The Morgan fingerprint density at radius 2 is 1.95 bits per heavy atom. The monoisotopic (exact) mass is 286 g/mol. The summed E-state index contributed by atoms with van der Waals surface area (Å²) < 4.78 is 5.60. The number of halogens is 1. The lowest BCUT2D eigenvalue weighted by molar-refractivity contribution is -0.119. The van der Waals surface area contributed by atoms with E-state index in [1.807, 2.05) is 24.3 Å². The number of ether oxygens (including phenoxy) is 1. The summed E-state index contributed by atoms with van der Waals surface area (Å²) in [6, 6.07) is 7.96. The molecule has 19 heavy (non-hydrogen) atoms. The quantitative estimate of drug-likeness (QED) is 0.803. The number of rotatable bonds is 7. The van der Waals surface area contributed by atoms with Crippen LogP contribution in [-0.2, 0) is 11.2 Å². The van der Waals surface area contributed by atoms with Gasteiger partial charge in [0.1, 0.15) is 5.75 Å². The van der Waals surface area contributed by atoms with Crippen LogP contribution in [0.5, 0.6) is 5.75 Å². The molecule has 0 aliphatic rings. The molecule has 0 radical (unpaired) electrons. The van der Waals surface area contributed by atoms with Crippen molar-refractivity contribution in [3.05, 3.63) is 29.8 Å². The van der Waals surface area contributed by atoms with Gasteiger partial charge in [0.05, 0.1) is 13.2 Å². The number of nitrogens with one attached hydrogen (secondary N) is 1. The first-order valence-electron chi connectivity index (χ1n) is 6.30. The Labute approximate surface area is 121 Å². The molecule has 108 valence electrons. The molecule has 0 unspecified atom stereocenters. The number of amides is 1. The smallest absolute Gasteiger partial charge is 0.233 e. The van der Waals surface area contributed by atoms with Crippen molar-refractivity contribution in [2.75, 3.05) is 19.7 Å². The molecule has 0 aromatic heterocycles. The van der Waals surface area contributed by atoms with E-state index in [-0.39, 0.29) is 24.9 Å². The highest BCUT2D eigenvalue weighted by Gasteiger charge is 1.99. The van der Waals surface area contributed by atoms with Crippen LogP contribution in [0, 0.1) is 5.92 Å². The first kappa shape index (κ1) is 17.7. The molecule has 0 fully saturated rings. The molecule has 0 atom stereocenters. The third-order valence-corrected chi connectivity index (χ3v) is 2.43. The largest absolute Gasteiger partial charge is 0.493 e. The lowest BCUT2D eigenvalue weighted by Gasteiger charge is -2.09. The first-order chi connectivity index (χ1) is 8.61. The molecule has 0 aliphatic heterocycles. The molecule has 5 heteroatoms. The number of nitrogens with two attached hydrogens (primary N) is 1. The Hall–Kier alpha value is -1.26. The Balaban J connectivity index is 0.00000324. The number of hydrogen-bond donors (Lipinski definition) is 2. The van der Waals surface area contributed by atoms with E-state index in [0.29, 0.717) is 12.5 Å². The van der Waals surface area contributed by atoms with Crippen molar-refractivity contribution in [2.45, 2.75) is 20.3 Å². The summed E-state index contributed by atoms with van der Waals surface area (Å²) >= 11 is 0. The van der Waals surface area contributed by atoms with Crippen LogP contribution in [-0.4, -0.2) is 25.6 Å². The van der Waals surface area contributed by atoms with Crippen LogP contribution >= 0.6 is 12.4 Å². The summed E-state index contributed by atoms with van der Waals surface area (Å²) in [7, 11) is 0. The van der Waals surface area contributed by atoms with Crippen LogP contribution in [0.4, 0.5) is 0 Å². The minimum Gasteiger partial charge on any atom is -0.493 e. The molecule has 0 bridgehead atoms. The zero-order valence-electron chi connectivity index (χ0n) is 11.5. The van der Waals surface area contributed by atoms with Crippen molar-refractivity contribution < 1.29 is 9.53 Å². The molecule has 1 amide bonds. The number of benzene rings is 1. The normalized spacial score (nSPS) is 9.89. The van der Waals surface area contributed by atoms with Crippen molar-refractivity contribution in [2.24, 2.45) is 11.7 Å². The SMILES string of the molecule is CC(C)COc1ccc(CCNC(=O)CN)cc1.Cl. The van der Waals surface area contributed by atoms with Gasteiger partial charge in [-0.05, 0) is 30.0 Å². The fourth-order valence-electron chi connectivity index (χ4n) is 1.43. The number of carbonyl (C=O) groups excluding carboxylic acids is 1. The molecule has 4 nitrogen and oxygen atoms in total. The molecule has 1 aromatic rings. The van der Waals surface area contributed by atoms with Gasteiger partial charge in [0.2, 0.25) is 5.91 Å². The van der Waals surface area contributed by atoms with Crippen LogP contribution in [0.2, 0.25) is 0 Å². The second-order valence-corrected chi connectivity index (χ2v) is 4.65. The van der Waals surface area contributed by atoms with Crippen molar-refractivity contribution >= 4 is 18.3 Å². The molecule has 0 heterocycles. The molecule has 3 N–H and O–H groups in total. The predicted molar refractivity (Wildman–Crippen MR) is 79.8 cm³/mol. The summed E-state index contributed by atoms with van der Waals surface area (Å²) in [6.07, 6.45) is 0.802. The van der Waals surface area contributed by atoms with E-state index in [0.717, 1.165) is 18.8 Å². The molecular formula is C14H23ClN2O2. The predicted octanol–water partition coefficient (Wildman–Crippen LogP) is 1.76. The first-order valence-corrected chi connectivity index (χ1v) is 6.30. The van der Waals surface area contributed by atoms with Gasteiger partial charge in [0.25, 0.3) is 0 Å². The average Bonchev–Trinajstić information content (AvgIpc) is 2.37. The fraction of sp³-hybridized carbons (Fsp3) is 0.500. The summed E-state index contributed by atoms with van der Waals surface area (Å²) in [6.45, 7) is 5.62. The fourth-order valence-corrected chi connectivity index (χ4v) is 1.43. The van der Waals surface area contributed by atoms with Gasteiger partial charge in [0.15, 0.2) is 0 Å². The summed E-state index contributed by atoms with van der Waals surface area (Å²) in [5.41, 5.74) is 6.37. The maximum absolute atomic E-state index is 10.9. The van der Waals surface area contributed by atoms with Gasteiger partial charge in [-0.1, -0.05) is 26.0 Å². The van der Waals surface area contributed by atoms with E-state index < -0.39 is 0 Å². The molecule has 0 saturated heterocycles. The Bertz CT molecular complexity index is 366. The number of hydrogen-bond acceptors (Lipinski definition) is 3. The second kappa shape index (κ2) is 9.64. The van der Waals surface area contributed by atoms with Crippen LogP contribution in [0.3, 0.4) is 0 Å². The highest BCUT2D eigenvalue weighted by Crippen LogP contribution is 2.13. The van der Waals surface area contributed by atoms with Crippen molar-refractivity contribution in [1.82, 2.24) is 5.32 Å². The summed E-state index contributed by atoms with van der Waals surface area (Å²) in [5, 5.41) is 2.74. The maximum atomic E-state index is 10.9. The Morgan fingerprint density at radius 3 is 2.47 bits per heavy atom. The van der Waals surface area contributed by atoms with Gasteiger partial charge < -0.3 is 15.8 Å². The highest BCUT2D eigenvalue weighted by molar-refractivity contribution is 5.85. The van der Waals surface area contributed by atoms with Gasteiger partial charge in [0, 0.05) is 6.54 Å². The second-order valence-electron chi connectivity index (χ2n) is 4.65. The third-order valence-electron chi connectivity index (χ3n) is 2.43. The molecule has 0 aliphatic carbocycles. The molecule has 0 spiro atoms. The molecule has 1 rings (SSSR count). The van der Waals surface area contributed by atoms with Crippen LogP contribution < -0.4 is 15.8 Å². The zero-order chi connectivity index (χ0) is 13.4. The molecule has 1 aromatic carbocycles. The van der Waals surface area contributed by atoms with Gasteiger partial charge in [-0.2, -0.15) is 0 Å². The zero-order valence-corrected chi connectivity index (χ0v) is 12.3. The van der Waals surface area contributed by atoms with Gasteiger partial charge in [-0.25, -0.2) is 0 Å². The van der Waals surface area contributed by atoms with E-state index in [4.69, 9.17) is 10.5 Å².